The van der Waals surface area contributed by atoms with Gasteiger partial charge >= 0.3 is 13.9 Å². The monoisotopic (exact) mass is 686 g/mol. The molecule has 2 aliphatic rings. The summed E-state index contributed by atoms with van der Waals surface area (Å²) in [5.41, 5.74) is 1.31. The van der Waals surface area contributed by atoms with E-state index in [2.05, 4.69) is 30.8 Å². The molecule has 2 aliphatic heterocycles. The van der Waals surface area contributed by atoms with Crippen LogP contribution in [-0.2, 0) is 47.9 Å². The van der Waals surface area contributed by atoms with Crippen molar-refractivity contribution >= 4 is 31.5 Å². The maximum atomic E-state index is 12.1. The molecule has 256 valence electrons. The highest BCUT2D eigenvalue weighted by Crippen LogP contribution is 2.37. The minimum absolute atomic E-state index is 0.0231. The summed E-state index contributed by atoms with van der Waals surface area (Å²) in [4.78, 5) is 41.0. The van der Waals surface area contributed by atoms with Crippen LogP contribution in [-0.4, -0.2) is 106 Å². The number of amides is 3. The molecule has 0 aliphatic carbocycles. The van der Waals surface area contributed by atoms with E-state index in [4.69, 9.17) is 28.7 Å². The van der Waals surface area contributed by atoms with Crippen molar-refractivity contribution in [1.82, 2.24) is 30.9 Å². The second-order valence-electron chi connectivity index (χ2n) is 10.7. The second kappa shape index (κ2) is 19.2. The minimum atomic E-state index is -4.50. The molecule has 2 saturated heterocycles. The molecule has 0 spiro atoms. The number of benzene rings is 1. The van der Waals surface area contributed by atoms with Crippen molar-refractivity contribution in [2.75, 3.05) is 51.9 Å². The number of carbonyl (C=O) groups excluding carboxylic acids is 2. The van der Waals surface area contributed by atoms with Crippen LogP contribution in [0, 0.1) is 0 Å². The summed E-state index contributed by atoms with van der Waals surface area (Å²) in [5, 5.41) is 17.4. The molecule has 4 rings (SSSR count). The Hall–Kier alpha value is -2.76. The van der Waals surface area contributed by atoms with Gasteiger partial charge in [-0.05, 0) is 30.5 Å². The van der Waals surface area contributed by atoms with Gasteiger partial charge in [-0.15, -0.1) is 5.10 Å². The fraction of sp³-hybridized carbons (Fsp3) is 0.643. The summed E-state index contributed by atoms with van der Waals surface area (Å²) in [6, 6.07) is 7.08. The number of nitrogens with one attached hydrogen (secondary N) is 3. The number of carbonyl (C=O) groups is 2. The van der Waals surface area contributed by atoms with Crippen molar-refractivity contribution in [2.24, 2.45) is 0 Å². The first-order valence-corrected chi connectivity index (χ1v) is 17.8. The molecule has 1 aromatic carbocycles. The number of phosphoric ester groups is 1. The highest BCUT2D eigenvalue weighted by Gasteiger charge is 2.42. The van der Waals surface area contributed by atoms with E-state index in [0.717, 1.165) is 25.0 Å². The van der Waals surface area contributed by atoms with Crippen LogP contribution in [0.5, 0.6) is 5.75 Å². The zero-order valence-corrected chi connectivity index (χ0v) is 27.3. The molecule has 16 nitrogen and oxygen atoms in total. The SMILES string of the molecule is O=C(CCCC[C@@H]1SC[C@@H]2NC(=O)N[C@@H]21)NCCOCCn1cc(COCCOCCOc2ccc(COP(=O)(O)O)cc2)nn1. The van der Waals surface area contributed by atoms with E-state index in [1.165, 1.54) is 0 Å². The lowest BCUT2D eigenvalue weighted by Gasteiger charge is -2.16. The first-order chi connectivity index (χ1) is 22.2. The molecule has 46 heavy (non-hydrogen) atoms. The number of ether oxygens (including phenoxy) is 4. The molecule has 3 heterocycles. The van der Waals surface area contributed by atoms with E-state index in [-0.39, 0.29) is 30.6 Å². The van der Waals surface area contributed by atoms with Gasteiger partial charge in [0.25, 0.3) is 0 Å². The highest BCUT2D eigenvalue weighted by molar-refractivity contribution is 8.00. The summed E-state index contributed by atoms with van der Waals surface area (Å²) in [6.07, 6.45) is 5.06. The lowest BCUT2D eigenvalue weighted by atomic mass is 10.0. The number of hydrogen-bond donors (Lipinski definition) is 5. The number of rotatable bonds is 23. The maximum Gasteiger partial charge on any atom is 0.469 e. The predicted molar refractivity (Wildman–Crippen MR) is 167 cm³/mol. The quantitative estimate of drug-likeness (QED) is 0.0637. The third-order valence-electron chi connectivity index (χ3n) is 7.14. The summed E-state index contributed by atoms with van der Waals surface area (Å²) >= 11 is 1.89. The molecular formula is C28H43N6O10PS. The van der Waals surface area contributed by atoms with Crippen LogP contribution in [0.1, 0.15) is 36.9 Å². The highest BCUT2D eigenvalue weighted by atomic mass is 32.2. The van der Waals surface area contributed by atoms with Gasteiger partial charge in [0.05, 0.1) is 71.1 Å². The van der Waals surface area contributed by atoms with Crippen molar-refractivity contribution in [3.05, 3.63) is 41.7 Å². The Morgan fingerprint density at radius 3 is 2.63 bits per heavy atom. The number of urea groups is 1. The van der Waals surface area contributed by atoms with E-state index in [1.54, 1.807) is 35.1 Å². The molecule has 2 aromatic rings. The average Bonchev–Trinajstić information content (AvgIpc) is 3.74. The van der Waals surface area contributed by atoms with Gasteiger partial charge in [0, 0.05) is 24.0 Å². The van der Waals surface area contributed by atoms with Crippen molar-refractivity contribution in [1.29, 1.82) is 0 Å². The topological polar surface area (TPSA) is 205 Å². The van der Waals surface area contributed by atoms with E-state index >= 15 is 0 Å². The Bertz CT molecular complexity index is 1270. The molecule has 0 bridgehead atoms. The summed E-state index contributed by atoms with van der Waals surface area (Å²) in [5.74, 6) is 1.58. The molecule has 3 amide bonds. The number of phosphoric acid groups is 1. The number of thioether (sulfide) groups is 1. The van der Waals surface area contributed by atoms with Gasteiger partial charge in [-0.1, -0.05) is 23.8 Å². The van der Waals surface area contributed by atoms with Crippen LogP contribution in [0.15, 0.2) is 30.5 Å². The Morgan fingerprint density at radius 2 is 1.80 bits per heavy atom. The minimum Gasteiger partial charge on any atom is -0.491 e. The molecule has 0 radical (unpaired) electrons. The van der Waals surface area contributed by atoms with Gasteiger partial charge in [-0.3, -0.25) is 9.32 Å². The summed E-state index contributed by atoms with van der Waals surface area (Å²) < 4.78 is 39.1. The van der Waals surface area contributed by atoms with E-state index in [1.807, 2.05) is 11.8 Å². The zero-order valence-electron chi connectivity index (χ0n) is 25.6. The number of hydrogen-bond acceptors (Lipinski definition) is 11. The van der Waals surface area contributed by atoms with Gasteiger partial charge in [-0.25, -0.2) is 14.0 Å². The second-order valence-corrected chi connectivity index (χ2v) is 13.2. The van der Waals surface area contributed by atoms with Crippen LogP contribution in [0.2, 0.25) is 0 Å². The number of nitrogens with zero attached hydrogens (tertiary/aromatic N) is 3. The Balaban J connectivity index is 0.919. The first-order valence-electron chi connectivity index (χ1n) is 15.2. The van der Waals surface area contributed by atoms with Crippen molar-refractivity contribution in [3.63, 3.8) is 0 Å². The van der Waals surface area contributed by atoms with Crippen molar-refractivity contribution in [2.45, 2.75) is 62.8 Å². The molecule has 1 aromatic heterocycles. The number of unbranched alkanes of at least 4 members (excludes halogenated alkanes) is 1. The third kappa shape index (κ3) is 13.5. The van der Waals surface area contributed by atoms with E-state index in [9.17, 15) is 14.2 Å². The number of fused-ring (bicyclic) bond motifs is 1. The Morgan fingerprint density at radius 1 is 1.02 bits per heavy atom. The van der Waals surface area contributed by atoms with Crippen LogP contribution < -0.4 is 20.7 Å². The fourth-order valence-electron chi connectivity index (χ4n) is 4.85. The summed E-state index contributed by atoms with van der Waals surface area (Å²) in [6.45, 7) is 3.44. The Kier molecular flexibility index (Phi) is 15.0. The van der Waals surface area contributed by atoms with E-state index in [0.29, 0.717) is 88.0 Å². The van der Waals surface area contributed by atoms with Crippen LogP contribution in [0.25, 0.3) is 0 Å². The van der Waals surface area contributed by atoms with Crippen LogP contribution in [0.4, 0.5) is 4.79 Å². The molecule has 0 saturated carbocycles. The maximum absolute atomic E-state index is 12.1. The lowest BCUT2D eigenvalue weighted by molar-refractivity contribution is -0.121. The van der Waals surface area contributed by atoms with Crippen molar-refractivity contribution in [3.8, 4) is 5.75 Å². The molecule has 5 N–H and O–H groups in total. The zero-order chi connectivity index (χ0) is 32.6. The van der Waals surface area contributed by atoms with Gasteiger partial charge in [-0.2, -0.15) is 11.8 Å². The van der Waals surface area contributed by atoms with Crippen LogP contribution in [0.3, 0.4) is 0 Å². The summed E-state index contributed by atoms with van der Waals surface area (Å²) in [7, 11) is -4.50. The third-order valence-corrected chi connectivity index (χ3v) is 9.12. The lowest BCUT2D eigenvalue weighted by Crippen LogP contribution is -2.36. The van der Waals surface area contributed by atoms with Gasteiger partial charge < -0.3 is 44.7 Å². The number of aromatic nitrogens is 3. The van der Waals surface area contributed by atoms with E-state index < -0.39 is 7.82 Å². The standard InChI is InChI=1S/C28H43N6O10PS/c35-26(4-2-1-3-25-27-24(20-46-25)30-28(36)31-27)29-9-11-40-12-10-34-17-22(32-33-34)19-42-14-13-41-15-16-43-23-7-5-21(6-8-23)18-44-45(37,38)39/h5-8,17,24-25,27H,1-4,9-16,18-20H2,(H,29,35)(H2,30,31,36)(H2,37,38,39)/t24-,25-,27-/m0/s1. The van der Waals surface area contributed by atoms with Gasteiger partial charge in [0.15, 0.2) is 0 Å². The van der Waals surface area contributed by atoms with Gasteiger partial charge in [0.1, 0.15) is 18.1 Å². The fourth-order valence-corrected chi connectivity index (χ4v) is 6.72. The molecule has 0 unspecified atom stereocenters. The molecular weight excluding hydrogens is 643 g/mol. The smallest absolute Gasteiger partial charge is 0.469 e. The molecule has 3 atom stereocenters. The largest absolute Gasteiger partial charge is 0.491 e. The average molecular weight is 687 g/mol. The molecule has 18 heteroatoms. The predicted octanol–water partition coefficient (Wildman–Crippen LogP) is 1.36. The van der Waals surface area contributed by atoms with Crippen LogP contribution >= 0.6 is 19.6 Å². The Labute approximate surface area is 271 Å². The first kappa shape index (κ1) is 36.1. The molecule has 2 fully saturated rings. The normalized spacial score (nSPS) is 19.1. The van der Waals surface area contributed by atoms with Crippen molar-refractivity contribution < 1.29 is 47.4 Å². The van der Waals surface area contributed by atoms with Gasteiger partial charge in [0.2, 0.25) is 5.91 Å².